The second-order valence-corrected chi connectivity index (χ2v) is 4.98. The van der Waals surface area contributed by atoms with E-state index in [-0.39, 0.29) is 11.1 Å². The number of β-amino-alcohol motifs (C(OH)–C–C–N with tert-alkyl or cyclic N) is 1. The Morgan fingerprint density at radius 2 is 1.75 bits per heavy atom. The van der Waals surface area contributed by atoms with E-state index in [9.17, 15) is 19.5 Å². The molecule has 1 aliphatic rings. The third-order valence-electron chi connectivity index (χ3n) is 3.33. The van der Waals surface area contributed by atoms with Crippen molar-refractivity contribution in [1.82, 2.24) is 4.90 Å². The van der Waals surface area contributed by atoms with Crippen molar-refractivity contribution < 1.29 is 19.5 Å². The van der Waals surface area contributed by atoms with E-state index < -0.39 is 35.9 Å². The minimum Gasteiger partial charge on any atom is -0.386 e. The average Bonchev–Trinajstić information content (AvgIpc) is 2.63. The highest BCUT2D eigenvalue weighted by atomic mass is 16.3. The van der Waals surface area contributed by atoms with E-state index in [2.05, 4.69) is 0 Å². The molecule has 0 saturated heterocycles. The summed E-state index contributed by atoms with van der Waals surface area (Å²) >= 11 is 0. The maximum Gasteiger partial charge on any atom is 0.261 e. The van der Waals surface area contributed by atoms with Gasteiger partial charge in [0.1, 0.15) is 11.6 Å². The van der Waals surface area contributed by atoms with Gasteiger partial charge in [0.2, 0.25) is 5.91 Å². The number of rotatable bonds is 4. The molecule has 0 saturated carbocycles. The fourth-order valence-electron chi connectivity index (χ4n) is 2.11. The van der Waals surface area contributed by atoms with E-state index in [4.69, 9.17) is 11.5 Å². The summed E-state index contributed by atoms with van der Waals surface area (Å²) in [7, 11) is 0. The Hall–Kier alpha value is -2.25. The molecule has 1 aromatic carbocycles. The maximum absolute atomic E-state index is 12.1. The zero-order valence-electron chi connectivity index (χ0n) is 10.9. The molecule has 0 fully saturated rings. The van der Waals surface area contributed by atoms with E-state index in [1.165, 1.54) is 19.1 Å². The van der Waals surface area contributed by atoms with Crippen LogP contribution in [0.2, 0.25) is 0 Å². The van der Waals surface area contributed by atoms with Gasteiger partial charge in [-0.3, -0.25) is 19.3 Å². The molecule has 2 unspecified atom stereocenters. The quantitative estimate of drug-likeness (QED) is 0.599. The Bertz CT molecular complexity index is 562. The van der Waals surface area contributed by atoms with Crippen LogP contribution in [0.25, 0.3) is 0 Å². The molecule has 1 aliphatic heterocycles. The molecule has 2 rings (SSSR count). The lowest BCUT2D eigenvalue weighted by molar-refractivity contribution is -0.125. The Labute approximate surface area is 115 Å². The number of nitrogens with two attached hydrogens (primary N) is 2. The highest BCUT2D eigenvalue weighted by Crippen LogP contribution is 2.24. The van der Waals surface area contributed by atoms with Gasteiger partial charge in [0.05, 0.1) is 17.7 Å². The number of hydrogen-bond donors (Lipinski definition) is 3. The lowest BCUT2D eigenvalue weighted by atomic mass is 9.96. The molecule has 20 heavy (non-hydrogen) atoms. The zero-order chi connectivity index (χ0) is 15.1. The van der Waals surface area contributed by atoms with Crippen molar-refractivity contribution in [2.24, 2.45) is 11.5 Å². The van der Waals surface area contributed by atoms with Gasteiger partial charge in [-0.2, -0.15) is 0 Å². The van der Waals surface area contributed by atoms with E-state index in [1.807, 2.05) is 0 Å². The topological polar surface area (TPSA) is 127 Å². The maximum atomic E-state index is 12.1. The first-order chi connectivity index (χ1) is 9.25. The lowest BCUT2D eigenvalue weighted by Gasteiger charge is -2.31. The molecule has 0 spiro atoms. The van der Waals surface area contributed by atoms with Gasteiger partial charge in [0.25, 0.3) is 11.8 Å². The fourth-order valence-corrected chi connectivity index (χ4v) is 2.11. The normalized spacial score (nSPS) is 18.6. The number of imide groups is 1. The second-order valence-electron chi connectivity index (χ2n) is 4.98. The molecular formula is C13H15N3O4. The third kappa shape index (κ3) is 2.17. The van der Waals surface area contributed by atoms with Crippen LogP contribution in [-0.4, -0.2) is 45.9 Å². The minimum atomic E-state index is -1.79. The number of hydrogen-bond acceptors (Lipinski definition) is 5. The summed E-state index contributed by atoms with van der Waals surface area (Å²) in [5, 5.41) is 10.2. The zero-order valence-corrected chi connectivity index (χ0v) is 10.9. The first-order valence-corrected chi connectivity index (χ1v) is 5.98. The summed E-state index contributed by atoms with van der Waals surface area (Å²) in [6.45, 7) is 0.857. The number of aliphatic hydroxyl groups is 1. The number of carbonyl (C=O) groups is 3. The van der Waals surface area contributed by atoms with Crippen molar-refractivity contribution in [1.29, 1.82) is 0 Å². The molecule has 1 aromatic rings. The number of nitrogens with zero attached hydrogens (tertiary/aromatic N) is 1. The fraction of sp³-hybridized carbons (Fsp3) is 0.308. The predicted molar refractivity (Wildman–Crippen MR) is 69.6 cm³/mol. The highest BCUT2D eigenvalue weighted by molar-refractivity contribution is 6.21. The van der Waals surface area contributed by atoms with Gasteiger partial charge in [-0.25, -0.2) is 0 Å². The second kappa shape index (κ2) is 4.69. The smallest absolute Gasteiger partial charge is 0.261 e. The monoisotopic (exact) mass is 277 g/mol. The van der Waals surface area contributed by atoms with Crippen molar-refractivity contribution in [3.63, 3.8) is 0 Å². The Balaban J connectivity index is 2.27. The first-order valence-electron chi connectivity index (χ1n) is 5.98. The molecule has 0 radical (unpaired) electrons. The van der Waals surface area contributed by atoms with Crippen LogP contribution in [0.4, 0.5) is 0 Å². The molecule has 106 valence electrons. The number of amides is 3. The van der Waals surface area contributed by atoms with Gasteiger partial charge < -0.3 is 16.6 Å². The molecule has 0 aliphatic carbocycles. The summed E-state index contributed by atoms with van der Waals surface area (Å²) in [6.07, 6.45) is 0. The number of benzene rings is 1. The third-order valence-corrected chi connectivity index (χ3v) is 3.33. The van der Waals surface area contributed by atoms with Gasteiger partial charge in [0.15, 0.2) is 0 Å². The minimum absolute atomic E-state index is 0.265. The van der Waals surface area contributed by atoms with Crippen LogP contribution in [0.1, 0.15) is 27.6 Å². The van der Waals surface area contributed by atoms with Crippen molar-refractivity contribution in [2.45, 2.75) is 18.6 Å². The molecule has 2 atom stereocenters. The summed E-state index contributed by atoms with van der Waals surface area (Å²) in [4.78, 5) is 36.1. The van der Waals surface area contributed by atoms with Crippen LogP contribution in [0.15, 0.2) is 24.3 Å². The van der Waals surface area contributed by atoms with Crippen molar-refractivity contribution in [3.05, 3.63) is 35.4 Å². The predicted octanol–water partition coefficient (Wildman–Crippen LogP) is -1.15. The SMILES string of the molecule is CC(O)(CN1C(=O)c2ccccc2C1=O)C(N)C(N)=O. The van der Waals surface area contributed by atoms with Crippen molar-refractivity contribution in [2.75, 3.05) is 6.54 Å². The molecule has 0 bridgehead atoms. The summed E-state index contributed by atoms with van der Waals surface area (Å²) in [5.74, 6) is -1.96. The average molecular weight is 277 g/mol. The number of primary amides is 1. The first kappa shape index (κ1) is 14.2. The van der Waals surface area contributed by atoms with Gasteiger partial charge in [-0.1, -0.05) is 12.1 Å². The molecular weight excluding hydrogens is 262 g/mol. The summed E-state index contributed by atoms with van der Waals surface area (Å²) < 4.78 is 0. The summed E-state index contributed by atoms with van der Waals surface area (Å²) in [6, 6.07) is 4.95. The Kier molecular flexibility index (Phi) is 3.33. The lowest BCUT2D eigenvalue weighted by Crippen LogP contribution is -2.59. The number of carbonyl (C=O) groups excluding carboxylic acids is 3. The standard InChI is InChI=1S/C13H15N3O4/c1-13(20,9(14)10(15)17)6-16-11(18)7-4-2-3-5-8(7)12(16)19/h2-5,9,20H,6,14H2,1H3,(H2,15,17). The summed E-state index contributed by atoms with van der Waals surface area (Å²) in [5.41, 5.74) is 9.27. The molecule has 7 heteroatoms. The van der Waals surface area contributed by atoms with Gasteiger partial charge in [-0.05, 0) is 19.1 Å². The molecule has 3 amide bonds. The van der Waals surface area contributed by atoms with Crippen LogP contribution in [0.3, 0.4) is 0 Å². The Morgan fingerprint density at radius 3 is 2.15 bits per heavy atom. The molecule has 0 aromatic heterocycles. The van der Waals surface area contributed by atoms with E-state index >= 15 is 0 Å². The molecule has 1 heterocycles. The van der Waals surface area contributed by atoms with Crippen LogP contribution in [0, 0.1) is 0 Å². The van der Waals surface area contributed by atoms with Gasteiger partial charge in [0, 0.05) is 0 Å². The van der Waals surface area contributed by atoms with Crippen LogP contribution >= 0.6 is 0 Å². The van der Waals surface area contributed by atoms with Gasteiger partial charge in [-0.15, -0.1) is 0 Å². The van der Waals surface area contributed by atoms with Crippen molar-refractivity contribution >= 4 is 17.7 Å². The highest BCUT2D eigenvalue weighted by Gasteiger charge is 2.42. The van der Waals surface area contributed by atoms with E-state index in [0.717, 1.165) is 4.90 Å². The van der Waals surface area contributed by atoms with Gasteiger partial charge >= 0.3 is 0 Å². The van der Waals surface area contributed by atoms with Crippen molar-refractivity contribution in [3.8, 4) is 0 Å². The molecule has 7 nitrogen and oxygen atoms in total. The van der Waals surface area contributed by atoms with Crippen LogP contribution in [0.5, 0.6) is 0 Å². The van der Waals surface area contributed by atoms with Crippen LogP contribution < -0.4 is 11.5 Å². The largest absolute Gasteiger partial charge is 0.386 e. The Morgan fingerprint density at radius 1 is 1.30 bits per heavy atom. The van der Waals surface area contributed by atoms with E-state index in [1.54, 1.807) is 12.1 Å². The van der Waals surface area contributed by atoms with Crippen LogP contribution in [-0.2, 0) is 4.79 Å². The molecule has 5 N–H and O–H groups in total. The number of fused-ring (bicyclic) bond motifs is 1. The van der Waals surface area contributed by atoms with E-state index in [0.29, 0.717) is 0 Å².